The fourth-order valence-corrected chi connectivity index (χ4v) is 4.47. The molecule has 0 aromatic heterocycles. The Morgan fingerprint density at radius 1 is 1.21 bits per heavy atom. The van der Waals surface area contributed by atoms with Crippen LogP contribution < -0.4 is 5.32 Å². The van der Waals surface area contributed by atoms with E-state index in [0.29, 0.717) is 18.8 Å². The fraction of sp³-hybridized carbons (Fsp3) is 0.550. The van der Waals surface area contributed by atoms with Crippen LogP contribution in [0.15, 0.2) is 12.1 Å². The predicted octanol–water partition coefficient (Wildman–Crippen LogP) is 1.60. The van der Waals surface area contributed by atoms with Crippen molar-refractivity contribution in [2.24, 2.45) is 0 Å². The molecule has 2 rings (SSSR count). The molecule has 1 aromatic rings. The van der Waals surface area contributed by atoms with E-state index in [-0.39, 0.29) is 36.1 Å². The number of carbonyl (C=O) groups is 3. The zero-order valence-electron chi connectivity index (χ0n) is 17.2. The Bertz CT molecular complexity index is 730. The number of methoxy groups -OCH3 is 1. The third-order valence-electron chi connectivity index (χ3n) is 4.64. The Labute approximate surface area is 170 Å². The highest BCUT2D eigenvalue weighted by atomic mass is 32.2. The summed E-state index contributed by atoms with van der Waals surface area (Å²) in [5.74, 6) is 0.139. The summed E-state index contributed by atoms with van der Waals surface area (Å²) in [5, 5.41) is 2.61. The van der Waals surface area contributed by atoms with Gasteiger partial charge in [0, 0.05) is 24.5 Å². The lowest BCUT2D eigenvalue weighted by molar-refractivity contribution is -0.141. The summed E-state index contributed by atoms with van der Waals surface area (Å²) in [5.41, 5.74) is 4.01. The van der Waals surface area contributed by atoms with E-state index < -0.39 is 0 Å². The van der Waals surface area contributed by atoms with Gasteiger partial charge in [-0.05, 0) is 38.9 Å². The number of ether oxygens (including phenoxy) is 1. The van der Waals surface area contributed by atoms with Gasteiger partial charge in [-0.3, -0.25) is 19.3 Å². The van der Waals surface area contributed by atoms with Crippen molar-refractivity contribution in [3.05, 3.63) is 28.8 Å². The minimum atomic E-state index is -0.344. The summed E-state index contributed by atoms with van der Waals surface area (Å²) in [6.07, 6.45) is 0. The van der Waals surface area contributed by atoms with E-state index in [1.54, 1.807) is 16.8 Å². The van der Waals surface area contributed by atoms with Crippen molar-refractivity contribution in [1.82, 2.24) is 9.80 Å². The normalized spacial score (nSPS) is 16.8. The summed E-state index contributed by atoms with van der Waals surface area (Å²) < 4.78 is 4.77. The van der Waals surface area contributed by atoms with Gasteiger partial charge >= 0.3 is 5.97 Å². The molecule has 0 radical (unpaired) electrons. The number of carbonyl (C=O) groups excluding carboxylic acids is 3. The Morgan fingerprint density at radius 3 is 2.46 bits per heavy atom. The minimum Gasteiger partial charge on any atom is -0.468 e. The van der Waals surface area contributed by atoms with Gasteiger partial charge in [-0.25, -0.2) is 0 Å². The number of likely N-dealkylation sites (N-methyl/N-ethyl adjacent to an activating group) is 1. The number of nitrogens with one attached hydrogen (secondary N) is 1. The molecule has 0 bridgehead atoms. The van der Waals surface area contributed by atoms with E-state index in [1.165, 1.54) is 18.9 Å². The number of hydrogen-bond donors (Lipinski definition) is 1. The lowest BCUT2D eigenvalue weighted by Crippen LogP contribution is -2.48. The standard InChI is InChI=1S/C20H29N3O4S/c1-13-8-14(2)19(15(3)9-13)21-17(24)11-22(4)12-18(25)23-6-7-28-16(10-23)20(26)27-5/h8-9,16H,6-7,10-12H2,1-5H3,(H,21,24)/t16-/m0/s1. The van der Waals surface area contributed by atoms with Gasteiger partial charge in [0.2, 0.25) is 11.8 Å². The molecule has 154 valence electrons. The first kappa shape index (κ1) is 22.2. The van der Waals surface area contributed by atoms with Crippen LogP contribution in [-0.2, 0) is 19.1 Å². The third kappa shape index (κ3) is 5.97. The van der Waals surface area contributed by atoms with Crippen molar-refractivity contribution in [3.8, 4) is 0 Å². The Kier molecular flexibility index (Phi) is 7.88. The van der Waals surface area contributed by atoms with E-state index in [2.05, 4.69) is 5.32 Å². The number of thioether (sulfide) groups is 1. The van der Waals surface area contributed by atoms with Crippen LogP contribution in [0.5, 0.6) is 0 Å². The molecule has 0 spiro atoms. The average Bonchev–Trinajstić information content (AvgIpc) is 2.63. The van der Waals surface area contributed by atoms with Crippen LogP contribution in [-0.4, -0.2) is 78.9 Å². The molecule has 0 saturated carbocycles. The smallest absolute Gasteiger partial charge is 0.320 e. The Morgan fingerprint density at radius 2 is 1.86 bits per heavy atom. The van der Waals surface area contributed by atoms with Gasteiger partial charge < -0.3 is 15.0 Å². The summed E-state index contributed by atoms with van der Waals surface area (Å²) >= 11 is 1.51. The molecule has 1 aliphatic heterocycles. The molecule has 1 atom stereocenters. The van der Waals surface area contributed by atoms with Crippen LogP contribution >= 0.6 is 11.8 Å². The highest BCUT2D eigenvalue weighted by Gasteiger charge is 2.30. The first-order chi connectivity index (χ1) is 13.2. The minimum absolute atomic E-state index is 0.0906. The molecule has 0 unspecified atom stereocenters. The van der Waals surface area contributed by atoms with Gasteiger partial charge in [-0.2, -0.15) is 0 Å². The van der Waals surface area contributed by atoms with Gasteiger partial charge in [0.15, 0.2) is 0 Å². The van der Waals surface area contributed by atoms with E-state index in [0.717, 1.165) is 22.4 Å². The van der Waals surface area contributed by atoms with Crippen LogP contribution in [0.4, 0.5) is 5.69 Å². The molecule has 7 nitrogen and oxygen atoms in total. The third-order valence-corrected chi connectivity index (χ3v) is 5.81. The largest absolute Gasteiger partial charge is 0.468 e. The zero-order valence-corrected chi connectivity index (χ0v) is 18.0. The average molecular weight is 408 g/mol. The maximum absolute atomic E-state index is 12.5. The van der Waals surface area contributed by atoms with Crippen molar-refractivity contribution < 1.29 is 19.1 Å². The molecular weight excluding hydrogens is 378 g/mol. The predicted molar refractivity (Wildman–Crippen MR) is 112 cm³/mol. The van der Waals surface area contributed by atoms with Crippen molar-refractivity contribution in [3.63, 3.8) is 0 Å². The molecule has 1 saturated heterocycles. The number of aryl methyl sites for hydroxylation is 3. The van der Waals surface area contributed by atoms with Crippen molar-refractivity contribution in [1.29, 1.82) is 0 Å². The van der Waals surface area contributed by atoms with Gasteiger partial charge in [0.05, 0.1) is 20.2 Å². The first-order valence-corrected chi connectivity index (χ1v) is 10.3. The molecule has 1 N–H and O–H groups in total. The molecule has 2 amide bonds. The summed E-state index contributed by atoms with van der Waals surface area (Å²) in [7, 11) is 3.09. The number of anilines is 1. The number of amides is 2. The monoisotopic (exact) mass is 407 g/mol. The lowest BCUT2D eigenvalue weighted by Gasteiger charge is -2.32. The topological polar surface area (TPSA) is 79.0 Å². The van der Waals surface area contributed by atoms with E-state index in [9.17, 15) is 14.4 Å². The second-order valence-corrected chi connectivity index (χ2v) is 8.53. The van der Waals surface area contributed by atoms with E-state index in [4.69, 9.17) is 4.74 Å². The SMILES string of the molecule is COC(=O)[C@@H]1CN(C(=O)CN(C)CC(=O)Nc2c(C)cc(C)cc2C)CCS1. The van der Waals surface area contributed by atoms with Crippen LogP contribution in [0.3, 0.4) is 0 Å². The van der Waals surface area contributed by atoms with Crippen LogP contribution in [0.25, 0.3) is 0 Å². The Balaban J connectivity index is 1.87. The molecule has 28 heavy (non-hydrogen) atoms. The van der Waals surface area contributed by atoms with Crippen LogP contribution in [0.1, 0.15) is 16.7 Å². The zero-order chi connectivity index (χ0) is 20.8. The molecular formula is C20H29N3O4S. The second-order valence-electron chi connectivity index (χ2n) is 7.22. The number of rotatable bonds is 6. The van der Waals surface area contributed by atoms with Gasteiger partial charge in [-0.1, -0.05) is 17.7 Å². The van der Waals surface area contributed by atoms with E-state index in [1.807, 2.05) is 32.9 Å². The number of esters is 1. The van der Waals surface area contributed by atoms with E-state index >= 15 is 0 Å². The first-order valence-electron chi connectivity index (χ1n) is 9.24. The summed E-state index contributed by atoms with van der Waals surface area (Å²) in [6, 6.07) is 4.06. The molecule has 0 aliphatic carbocycles. The van der Waals surface area contributed by atoms with Crippen molar-refractivity contribution >= 4 is 35.2 Å². The van der Waals surface area contributed by atoms with Gasteiger partial charge in [-0.15, -0.1) is 11.8 Å². The van der Waals surface area contributed by atoms with Gasteiger partial charge in [0.25, 0.3) is 0 Å². The highest BCUT2D eigenvalue weighted by molar-refractivity contribution is 8.00. The molecule has 1 aliphatic rings. The molecule has 1 heterocycles. The quantitative estimate of drug-likeness (QED) is 0.722. The fourth-order valence-electron chi connectivity index (χ4n) is 3.34. The van der Waals surface area contributed by atoms with Crippen molar-refractivity contribution in [2.75, 3.05) is 51.4 Å². The maximum Gasteiger partial charge on any atom is 0.320 e. The maximum atomic E-state index is 12.5. The Hall–Kier alpha value is -2.06. The summed E-state index contributed by atoms with van der Waals surface area (Å²) in [6.45, 7) is 7.13. The van der Waals surface area contributed by atoms with Crippen LogP contribution in [0.2, 0.25) is 0 Å². The molecule has 1 fully saturated rings. The number of hydrogen-bond acceptors (Lipinski definition) is 6. The van der Waals surface area contributed by atoms with Gasteiger partial charge in [0.1, 0.15) is 5.25 Å². The molecule has 8 heteroatoms. The highest BCUT2D eigenvalue weighted by Crippen LogP contribution is 2.22. The summed E-state index contributed by atoms with van der Waals surface area (Å²) in [4.78, 5) is 40.0. The molecule has 1 aromatic carbocycles. The number of benzene rings is 1. The van der Waals surface area contributed by atoms with Crippen LogP contribution in [0, 0.1) is 20.8 Å². The number of nitrogens with zero attached hydrogens (tertiary/aromatic N) is 2. The van der Waals surface area contributed by atoms with Crippen molar-refractivity contribution in [2.45, 2.75) is 26.0 Å². The second kappa shape index (κ2) is 9.93. The lowest BCUT2D eigenvalue weighted by atomic mass is 10.1.